The molecule has 2 atom stereocenters. The van der Waals surface area contributed by atoms with Crippen LogP contribution in [0.15, 0.2) is 43.0 Å². The average Bonchev–Trinajstić information content (AvgIpc) is 3.00. The maximum Gasteiger partial charge on any atom is 0.237 e. The second kappa shape index (κ2) is 7.22. The lowest BCUT2D eigenvalue weighted by molar-refractivity contribution is -0.123. The summed E-state index contributed by atoms with van der Waals surface area (Å²) >= 11 is 0. The lowest BCUT2D eigenvalue weighted by atomic mass is 10.0. The molecule has 1 aromatic carbocycles. The van der Waals surface area contributed by atoms with Crippen molar-refractivity contribution in [1.29, 1.82) is 0 Å². The Kier molecular flexibility index (Phi) is 5.33. The van der Waals surface area contributed by atoms with E-state index in [-0.39, 0.29) is 11.9 Å². The predicted octanol–water partition coefficient (Wildman–Crippen LogP) is 2.42. The third-order valence-electron chi connectivity index (χ3n) is 3.59. The summed E-state index contributed by atoms with van der Waals surface area (Å²) in [6.07, 6.45) is 6.07. The highest BCUT2D eigenvalue weighted by atomic mass is 16.2. The number of hydrogen-bond donors (Lipinski definition) is 2. The summed E-state index contributed by atoms with van der Waals surface area (Å²) < 4.78 is 1.93. The molecule has 22 heavy (non-hydrogen) atoms. The van der Waals surface area contributed by atoms with Crippen LogP contribution in [0.4, 0.5) is 0 Å². The van der Waals surface area contributed by atoms with Crippen molar-refractivity contribution in [2.24, 2.45) is 11.7 Å². The first-order valence-corrected chi connectivity index (χ1v) is 7.61. The van der Waals surface area contributed by atoms with E-state index in [0.717, 1.165) is 11.3 Å². The van der Waals surface area contributed by atoms with Crippen molar-refractivity contribution in [2.75, 3.05) is 0 Å². The predicted molar refractivity (Wildman–Crippen MR) is 87.6 cm³/mol. The van der Waals surface area contributed by atoms with Crippen LogP contribution in [0.2, 0.25) is 0 Å². The molecule has 0 spiro atoms. The Balaban J connectivity index is 2.05. The van der Waals surface area contributed by atoms with Gasteiger partial charge in [-0.2, -0.15) is 0 Å². The molecule has 5 nitrogen and oxygen atoms in total. The van der Waals surface area contributed by atoms with E-state index in [1.54, 1.807) is 12.5 Å². The Bertz CT molecular complexity index is 607. The van der Waals surface area contributed by atoms with Gasteiger partial charge in [0, 0.05) is 18.1 Å². The molecule has 0 radical (unpaired) electrons. The maximum absolute atomic E-state index is 12.1. The van der Waals surface area contributed by atoms with Crippen LogP contribution in [0.1, 0.15) is 38.8 Å². The summed E-state index contributed by atoms with van der Waals surface area (Å²) in [5.41, 5.74) is 7.98. The first kappa shape index (κ1) is 16.2. The van der Waals surface area contributed by atoms with Crippen LogP contribution in [-0.2, 0) is 4.79 Å². The summed E-state index contributed by atoms with van der Waals surface area (Å²) in [5.74, 6) is 0.301. The highest BCUT2D eigenvalue weighted by Gasteiger charge is 2.17. The molecular formula is C17H24N4O. The second-order valence-corrected chi connectivity index (χ2v) is 6.03. The van der Waals surface area contributed by atoms with E-state index in [2.05, 4.69) is 24.1 Å². The molecule has 1 amide bonds. The lowest BCUT2D eigenvalue weighted by Crippen LogP contribution is -2.42. The fraction of sp³-hybridized carbons (Fsp3) is 0.412. The van der Waals surface area contributed by atoms with Gasteiger partial charge in [0.2, 0.25) is 5.91 Å². The maximum atomic E-state index is 12.1. The zero-order valence-electron chi connectivity index (χ0n) is 13.4. The van der Waals surface area contributed by atoms with Crippen molar-refractivity contribution in [3.8, 4) is 5.69 Å². The minimum absolute atomic E-state index is 0.0887. The van der Waals surface area contributed by atoms with Crippen LogP contribution in [-0.4, -0.2) is 21.5 Å². The molecule has 5 heteroatoms. The van der Waals surface area contributed by atoms with Crippen molar-refractivity contribution >= 4 is 5.91 Å². The average molecular weight is 300 g/mol. The van der Waals surface area contributed by atoms with E-state index in [1.807, 2.05) is 42.0 Å². The molecular weight excluding hydrogens is 276 g/mol. The van der Waals surface area contributed by atoms with Crippen LogP contribution in [0.5, 0.6) is 0 Å². The molecule has 0 aliphatic rings. The SMILES string of the molecule is CC(C)C[C@H](N)C(=O)NC(C)c1cccc(-n2ccnc2)c1. The molecule has 1 aromatic heterocycles. The van der Waals surface area contributed by atoms with Crippen LogP contribution in [0.25, 0.3) is 5.69 Å². The van der Waals surface area contributed by atoms with Gasteiger partial charge >= 0.3 is 0 Å². The molecule has 0 saturated heterocycles. The van der Waals surface area contributed by atoms with E-state index in [9.17, 15) is 4.79 Å². The monoisotopic (exact) mass is 300 g/mol. The number of amides is 1. The molecule has 1 heterocycles. The number of hydrogen-bond acceptors (Lipinski definition) is 3. The van der Waals surface area contributed by atoms with Crippen molar-refractivity contribution in [3.05, 3.63) is 48.5 Å². The number of carbonyl (C=O) groups is 1. The minimum atomic E-state index is -0.459. The topological polar surface area (TPSA) is 72.9 Å². The van der Waals surface area contributed by atoms with Crippen molar-refractivity contribution in [1.82, 2.24) is 14.9 Å². The number of nitrogens with one attached hydrogen (secondary N) is 1. The molecule has 0 aliphatic carbocycles. The molecule has 2 aromatic rings. The fourth-order valence-electron chi connectivity index (χ4n) is 2.39. The van der Waals surface area contributed by atoms with Crippen LogP contribution in [0.3, 0.4) is 0 Å². The van der Waals surface area contributed by atoms with Gasteiger partial charge < -0.3 is 15.6 Å². The summed E-state index contributed by atoms with van der Waals surface area (Å²) in [5, 5.41) is 2.98. The third kappa shape index (κ3) is 4.18. The first-order valence-electron chi connectivity index (χ1n) is 7.61. The van der Waals surface area contributed by atoms with Crippen LogP contribution in [0, 0.1) is 5.92 Å². The van der Waals surface area contributed by atoms with Crippen LogP contribution < -0.4 is 11.1 Å². The van der Waals surface area contributed by atoms with Gasteiger partial charge in [-0.05, 0) is 37.0 Å². The van der Waals surface area contributed by atoms with Gasteiger partial charge in [-0.1, -0.05) is 26.0 Å². The Morgan fingerprint density at radius 1 is 1.36 bits per heavy atom. The van der Waals surface area contributed by atoms with Crippen molar-refractivity contribution < 1.29 is 4.79 Å². The molecule has 2 rings (SSSR count). The number of nitrogens with two attached hydrogens (primary N) is 1. The number of rotatable bonds is 6. The highest BCUT2D eigenvalue weighted by Crippen LogP contribution is 2.17. The quantitative estimate of drug-likeness (QED) is 0.860. The molecule has 3 N–H and O–H groups in total. The second-order valence-electron chi connectivity index (χ2n) is 6.03. The Hall–Kier alpha value is -2.14. The molecule has 118 valence electrons. The molecule has 0 aliphatic heterocycles. The van der Waals surface area contributed by atoms with Crippen molar-refractivity contribution in [3.63, 3.8) is 0 Å². The Labute approximate surface area is 131 Å². The molecule has 1 unspecified atom stereocenters. The van der Waals surface area contributed by atoms with E-state index >= 15 is 0 Å². The van der Waals surface area contributed by atoms with Gasteiger partial charge in [-0.15, -0.1) is 0 Å². The van der Waals surface area contributed by atoms with Gasteiger partial charge in [0.05, 0.1) is 18.4 Å². The number of imidazole rings is 1. The first-order chi connectivity index (χ1) is 10.5. The molecule has 0 saturated carbocycles. The largest absolute Gasteiger partial charge is 0.348 e. The molecule has 0 fully saturated rings. The van der Waals surface area contributed by atoms with E-state index in [1.165, 1.54) is 0 Å². The Morgan fingerprint density at radius 2 is 2.14 bits per heavy atom. The normalized spacial score (nSPS) is 13.9. The number of aromatic nitrogens is 2. The lowest BCUT2D eigenvalue weighted by Gasteiger charge is -2.19. The zero-order chi connectivity index (χ0) is 16.1. The summed E-state index contributed by atoms with van der Waals surface area (Å²) in [6, 6.07) is 7.47. The smallest absolute Gasteiger partial charge is 0.237 e. The molecule has 0 bridgehead atoms. The third-order valence-corrected chi connectivity index (χ3v) is 3.59. The number of carbonyl (C=O) groups excluding carboxylic acids is 1. The highest BCUT2D eigenvalue weighted by molar-refractivity contribution is 5.81. The summed E-state index contributed by atoms with van der Waals surface area (Å²) in [6.45, 7) is 6.09. The van der Waals surface area contributed by atoms with E-state index in [0.29, 0.717) is 12.3 Å². The summed E-state index contributed by atoms with van der Waals surface area (Å²) in [7, 11) is 0. The summed E-state index contributed by atoms with van der Waals surface area (Å²) in [4.78, 5) is 16.2. The number of benzene rings is 1. The van der Waals surface area contributed by atoms with Gasteiger partial charge in [-0.3, -0.25) is 4.79 Å². The van der Waals surface area contributed by atoms with E-state index in [4.69, 9.17) is 5.73 Å². The van der Waals surface area contributed by atoms with Gasteiger partial charge in [0.15, 0.2) is 0 Å². The van der Waals surface area contributed by atoms with Gasteiger partial charge in [-0.25, -0.2) is 4.98 Å². The van der Waals surface area contributed by atoms with Crippen LogP contribution >= 0.6 is 0 Å². The minimum Gasteiger partial charge on any atom is -0.348 e. The standard InChI is InChI=1S/C17H24N4O/c1-12(2)9-16(18)17(22)20-13(3)14-5-4-6-15(10-14)21-8-7-19-11-21/h4-8,10-13,16H,9,18H2,1-3H3,(H,20,22)/t13?,16-/m0/s1. The fourth-order valence-corrected chi connectivity index (χ4v) is 2.39. The van der Waals surface area contributed by atoms with E-state index < -0.39 is 6.04 Å². The van der Waals surface area contributed by atoms with Gasteiger partial charge in [0.1, 0.15) is 0 Å². The number of nitrogens with zero attached hydrogens (tertiary/aromatic N) is 2. The van der Waals surface area contributed by atoms with Crippen molar-refractivity contribution in [2.45, 2.75) is 39.3 Å². The zero-order valence-corrected chi connectivity index (χ0v) is 13.4. The Morgan fingerprint density at radius 3 is 2.77 bits per heavy atom. The van der Waals surface area contributed by atoms with Gasteiger partial charge in [0.25, 0.3) is 0 Å².